The number of carbonyl (C=O) groups is 3. The summed E-state index contributed by atoms with van der Waals surface area (Å²) in [6.07, 6.45) is 0.295. The van der Waals surface area contributed by atoms with Crippen molar-refractivity contribution >= 4 is 28.6 Å². The van der Waals surface area contributed by atoms with E-state index >= 15 is 0 Å². The third kappa shape index (κ3) is 4.56. The minimum absolute atomic E-state index is 0.0730. The molecule has 0 aliphatic carbocycles. The van der Waals surface area contributed by atoms with Gasteiger partial charge >= 0.3 is 0 Å². The molecule has 2 aromatic carbocycles. The van der Waals surface area contributed by atoms with Crippen molar-refractivity contribution in [1.29, 1.82) is 0 Å². The van der Waals surface area contributed by atoms with Crippen molar-refractivity contribution in [3.8, 4) is 0 Å². The highest BCUT2D eigenvalue weighted by Crippen LogP contribution is 2.22. The Labute approximate surface area is 162 Å². The van der Waals surface area contributed by atoms with Gasteiger partial charge in [-0.05, 0) is 36.2 Å². The van der Waals surface area contributed by atoms with Crippen molar-refractivity contribution in [3.63, 3.8) is 0 Å². The van der Waals surface area contributed by atoms with Gasteiger partial charge in [0, 0.05) is 28.7 Å². The molecule has 0 bridgehead atoms. The summed E-state index contributed by atoms with van der Waals surface area (Å²) in [5, 5.41) is 6.39. The first-order chi connectivity index (χ1) is 13.4. The molecule has 0 aliphatic rings. The summed E-state index contributed by atoms with van der Waals surface area (Å²) in [6.45, 7) is 2.12. The molecule has 0 atom stereocenters. The zero-order valence-corrected chi connectivity index (χ0v) is 15.5. The number of nitrogens with two attached hydrogens (primary N) is 1. The third-order valence-electron chi connectivity index (χ3n) is 4.49. The molecule has 5 N–H and O–H groups in total. The van der Waals surface area contributed by atoms with Gasteiger partial charge in [-0.2, -0.15) is 0 Å². The number of nitrogens with one attached hydrogen (secondary N) is 3. The number of aromatic amines is 1. The quantitative estimate of drug-likeness (QED) is 0.500. The summed E-state index contributed by atoms with van der Waals surface area (Å²) in [5.41, 5.74) is 9.30. The minimum Gasteiger partial charge on any atom is -0.368 e. The van der Waals surface area contributed by atoms with Crippen LogP contribution in [0.4, 0.5) is 0 Å². The van der Waals surface area contributed by atoms with E-state index in [0.29, 0.717) is 18.5 Å². The Kier molecular flexibility index (Phi) is 5.74. The number of primary amides is 1. The molecule has 0 unspecified atom stereocenters. The molecule has 0 radical (unpaired) electrons. The SMILES string of the molecule is Cc1[nH]c2ccccc2c1CC(=O)NCc1ccc(C(=O)NCC(N)=O)cc1. The first kappa shape index (κ1) is 19.2. The molecule has 3 aromatic rings. The number of fused-ring (bicyclic) bond motifs is 1. The number of amides is 3. The lowest BCUT2D eigenvalue weighted by atomic mass is 10.1. The number of hydrogen-bond donors (Lipinski definition) is 4. The molecule has 0 fully saturated rings. The molecule has 0 saturated carbocycles. The third-order valence-corrected chi connectivity index (χ3v) is 4.49. The van der Waals surface area contributed by atoms with Gasteiger partial charge in [-0.25, -0.2) is 0 Å². The van der Waals surface area contributed by atoms with Crippen molar-refractivity contribution < 1.29 is 14.4 Å². The van der Waals surface area contributed by atoms with Crippen molar-refractivity contribution in [1.82, 2.24) is 15.6 Å². The van der Waals surface area contributed by atoms with Crippen LogP contribution in [-0.2, 0) is 22.6 Å². The molecule has 144 valence electrons. The number of carbonyl (C=O) groups excluding carboxylic acids is 3. The van der Waals surface area contributed by atoms with Gasteiger partial charge in [-0.3, -0.25) is 14.4 Å². The van der Waals surface area contributed by atoms with Crippen LogP contribution in [0.5, 0.6) is 0 Å². The summed E-state index contributed by atoms with van der Waals surface area (Å²) in [5.74, 6) is -1.04. The highest BCUT2D eigenvalue weighted by atomic mass is 16.2. The van der Waals surface area contributed by atoms with Crippen LogP contribution in [0.25, 0.3) is 10.9 Å². The second-order valence-corrected chi connectivity index (χ2v) is 6.57. The summed E-state index contributed by atoms with van der Waals surface area (Å²) >= 11 is 0. The monoisotopic (exact) mass is 378 g/mol. The lowest BCUT2D eigenvalue weighted by Crippen LogP contribution is -2.33. The van der Waals surface area contributed by atoms with E-state index in [1.807, 2.05) is 31.2 Å². The van der Waals surface area contributed by atoms with Crippen LogP contribution in [0.3, 0.4) is 0 Å². The Hall–Kier alpha value is -3.61. The molecule has 0 aliphatic heterocycles. The van der Waals surface area contributed by atoms with Crippen LogP contribution in [0.2, 0.25) is 0 Å². The van der Waals surface area contributed by atoms with E-state index in [-0.39, 0.29) is 18.4 Å². The van der Waals surface area contributed by atoms with Crippen LogP contribution in [-0.4, -0.2) is 29.3 Å². The second-order valence-electron chi connectivity index (χ2n) is 6.57. The second kappa shape index (κ2) is 8.39. The van der Waals surface area contributed by atoms with Gasteiger partial charge in [0.1, 0.15) is 0 Å². The van der Waals surface area contributed by atoms with E-state index in [4.69, 9.17) is 5.73 Å². The van der Waals surface area contributed by atoms with Crippen molar-refractivity contribution in [2.45, 2.75) is 19.9 Å². The Balaban J connectivity index is 1.56. The van der Waals surface area contributed by atoms with E-state index in [2.05, 4.69) is 15.6 Å². The molecule has 1 heterocycles. The summed E-state index contributed by atoms with van der Waals surface area (Å²) < 4.78 is 0. The van der Waals surface area contributed by atoms with Crippen molar-refractivity contribution in [2.75, 3.05) is 6.54 Å². The van der Waals surface area contributed by atoms with Gasteiger partial charge in [-0.15, -0.1) is 0 Å². The van der Waals surface area contributed by atoms with Crippen LogP contribution in [0.1, 0.15) is 27.2 Å². The maximum atomic E-state index is 12.4. The van der Waals surface area contributed by atoms with Gasteiger partial charge in [0.15, 0.2) is 0 Å². The highest BCUT2D eigenvalue weighted by molar-refractivity contribution is 5.96. The number of para-hydroxylation sites is 1. The van der Waals surface area contributed by atoms with Crippen LogP contribution in [0, 0.1) is 6.92 Å². The van der Waals surface area contributed by atoms with Gasteiger partial charge in [0.05, 0.1) is 13.0 Å². The number of rotatable bonds is 7. The number of hydrogen-bond acceptors (Lipinski definition) is 3. The predicted octanol–water partition coefficient (Wildman–Crippen LogP) is 1.55. The number of benzene rings is 2. The zero-order valence-electron chi connectivity index (χ0n) is 15.5. The molecule has 1 aromatic heterocycles. The molecule has 7 heteroatoms. The van der Waals surface area contributed by atoms with E-state index in [9.17, 15) is 14.4 Å². The van der Waals surface area contributed by atoms with E-state index in [0.717, 1.165) is 27.7 Å². The van der Waals surface area contributed by atoms with E-state index < -0.39 is 5.91 Å². The van der Waals surface area contributed by atoms with Gasteiger partial charge in [0.25, 0.3) is 5.91 Å². The molecule has 0 saturated heterocycles. The standard InChI is InChI=1S/C21H22N4O3/c1-13-17(16-4-2-3-5-18(16)25-13)10-20(27)23-11-14-6-8-15(9-7-14)21(28)24-12-19(22)26/h2-9,25H,10-12H2,1H3,(H2,22,26)(H,23,27)(H,24,28). The van der Waals surface area contributed by atoms with Crippen molar-refractivity contribution in [3.05, 3.63) is 70.9 Å². The minimum atomic E-state index is -0.599. The van der Waals surface area contributed by atoms with Crippen LogP contribution < -0.4 is 16.4 Å². The van der Waals surface area contributed by atoms with Crippen molar-refractivity contribution in [2.24, 2.45) is 5.73 Å². The average molecular weight is 378 g/mol. The van der Waals surface area contributed by atoms with Gasteiger partial charge in [0.2, 0.25) is 11.8 Å². The number of H-pyrrole nitrogens is 1. The summed E-state index contributed by atoms with van der Waals surface area (Å²) in [7, 11) is 0. The highest BCUT2D eigenvalue weighted by Gasteiger charge is 2.12. The fourth-order valence-electron chi connectivity index (χ4n) is 3.03. The molecular formula is C21H22N4O3. The molecule has 0 spiro atoms. The maximum absolute atomic E-state index is 12.4. The van der Waals surface area contributed by atoms with Gasteiger partial charge < -0.3 is 21.4 Å². The lowest BCUT2D eigenvalue weighted by Gasteiger charge is -2.07. The first-order valence-electron chi connectivity index (χ1n) is 8.92. The smallest absolute Gasteiger partial charge is 0.251 e. The Morgan fingerprint density at radius 2 is 1.71 bits per heavy atom. The summed E-state index contributed by atoms with van der Waals surface area (Å²) in [4.78, 5) is 38.2. The lowest BCUT2D eigenvalue weighted by molar-refractivity contribution is -0.120. The molecule has 7 nitrogen and oxygen atoms in total. The molecular weight excluding hydrogens is 356 g/mol. The maximum Gasteiger partial charge on any atom is 0.251 e. The Morgan fingerprint density at radius 3 is 2.43 bits per heavy atom. The zero-order chi connectivity index (χ0) is 20.1. The average Bonchev–Trinajstić information content (AvgIpc) is 3.00. The largest absolute Gasteiger partial charge is 0.368 e. The van der Waals surface area contributed by atoms with Crippen LogP contribution >= 0.6 is 0 Å². The number of aryl methyl sites for hydroxylation is 1. The number of aromatic nitrogens is 1. The van der Waals surface area contributed by atoms with E-state index in [1.165, 1.54) is 0 Å². The van der Waals surface area contributed by atoms with E-state index in [1.54, 1.807) is 24.3 Å². The normalized spacial score (nSPS) is 10.6. The first-order valence-corrected chi connectivity index (χ1v) is 8.92. The predicted molar refractivity (Wildman–Crippen MR) is 107 cm³/mol. The molecule has 28 heavy (non-hydrogen) atoms. The Bertz CT molecular complexity index is 1020. The summed E-state index contributed by atoms with van der Waals surface area (Å²) in [6, 6.07) is 14.7. The fourth-order valence-corrected chi connectivity index (χ4v) is 3.03. The van der Waals surface area contributed by atoms with Crippen LogP contribution in [0.15, 0.2) is 48.5 Å². The van der Waals surface area contributed by atoms with Gasteiger partial charge in [-0.1, -0.05) is 30.3 Å². The fraction of sp³-hybridized carbons (Fsp3) is 0.190. The molecule has 3 rings (SSSR count). The Morgan fingerprint density at radius 1 is 1.00 bits per heavy atom. The molecule has 3 amide bonds. The topological polar surface area (TPSA) is 117 Å².